The van der Waals surface area contributed by atoms with Gasteiger partial charge in [-0.05, 0) is 38.1 Å². The Morgan fingerprint density at radius 3 is 1.50 bits per heavy atom. The van der Waals surface area contributed by atoms with Crippen LogP contribution in [0.4, 0.5) is 0 Å². The van der Waals surface area contributed by atoms with Crippen LogP contribution < -0.4 is 9.47 Å². The van der Waals surface area contributed by atoms with Crippen molar-refractivity contribution in [1.82, 2.24) is 0 Å². The van der Waals surface area contributed by atoms with Gasteiger partial charge in [-0.1, -0.05) is 24.3 Å². The average molecular weight is 436 g/mol. The highest BCUT2D eigenvalue weighted by Crippen LogP contribution is 2.64. The summed E-state index contributed by atoms with van der Waals surface area (Å²) in [6.45, 7) is 3.20. The molecule has 8 heteroatoms. The van der Waals surface area contributed by atoms with Crippen molar-refractivity contribution in [2.24, 2.45) is 11.8 Å². The summed E-state index contributed by atoms with van der Waals surface area (Å²) < 4.78 is 22.7. The van der Waals surface area contributed by atoms with E-state index >= 15 is 0 Å². The summed E-state index contributed by atoms with van der Waals surface area (Å²) >= 11 is 0. The lowest BCUT2D eigenvalue weighted by atomic mass is 9.45. The van der Waals surface area contributed by atoms with E-state index in [1.807, 2.05) is 0 Å². The van der Waals surface area contributed by atoms with Crippen LogP contribution in [0.5, 0.6) is 11.5 Å². The molecule has 8 nitrogen and oxygen atoms in total. The number of esters is 2. The summed E-state index contributed by atoms with van der Waals surface area (Å²) in [4.78, 5) is 54.0. The third kappa shape index (κ3) is 2.26. The quantitative estimate of drug-likeness (QED) is 0.673. The lowest BCUT2D eigenvalue weighted by Gasteiger charge is -2.63. The van der Waals surface area contributed by atoms with Crippen LogP contribution in [-0.4, -0.2) is 47.9 Å². The van der Waals surface area contributed by atoms with Gasteiger partial charge >= 0.3 is 11.9 Å². The molecule has 1 aliphatic carbocycles. The molecule has 0 N–H and O–H groups in total. The Balaban J connectivity index is 1.79. The second-order valence-electron chi connectivity index (χ2n) is 7.82. The number of rotatable bonds is 4. The fourth-order valence-corrected chi connectivity index (χ4v) is 5.12. The first-order valence-electron chi connectivity index (χ1n) is 10.4. The van der Waals surface area contributed by atoms with Gasteiger partial charge in [0.2, 0.25) is 11.2 Å². The monoisotopic (exact) mass is 436 g/mol. The molecule has 0 saturated heterocycles. The number of Topliss-reactive ketones (excluding diaryl/α,β-unsaturated/α-hetero) is 2. The van der Waals surface area contributed by atoms with Crippen molar-refractivity contribution in [3.63, 3.8) is 0 Å². The summed E-state index contributed by atoms with van der Waals surface area (Å²) in [5, 5.41) is 0. The van der Waals surface area contributed by atoms with Gasteiger partial charge in [0.1, 0.15) is 23.3 Å². The van der Waals surface area contributed by atoms with Crippen LogP contribution in [0.15, 0.2) is 48.5 Å². The van der Waals surface area contributed by atoms with Crippen molar-refractivity contribution < 1.29 is 38.1 Å². The average Bonchev–Trinajstić information content (AvgIpc) is 2.78. The minimum atomic E-state index is -2.04. The molecule has 0 radical (unpaired) electrons. The first-order valence-corrected chi connectivity index (χ1v) is 10.4. The predicted molar refractivity (Wildman–Crippen MR) is 109 cm³/mol. The number of ketones is 2. The number of ether oxygens (including phenoxy) is 4. The van der Waals surface area contributed by atoms with E-state index in [0.29, 0.717) is 0 Å². The van der Waals surface area contributed by atoms with Crippen molar-refractivity contribution in [1.29, 1.82) is 0 Å². The Labute approximate surface area is 183 Å². The SMILES string of the molecule is CCOC(=O)C12Oc3ccccc3C(=O)C1C1(C(=O)OCC)Oc3ccccc3C(=O)C21. The first-order chi connectivity index (χ1) is 15.4. The zero-order chi connectivity index (χ0) is 22.7. The molecule has 0 atom stereocenters. The fourth-order valence-electron chi connectivity index (χ4n) is 5.12. The topological polar surface area (TPSA) is 105 Å². The van der Waals surface area contributed by atoms with E-state index in [0.717, 1.165) is 0 Å². The van der Waals surface area contributed by atoms with Crippen LogP contribution in [-0.2, 0) is 19.1 Å². The number of para-hydroxylation sites is 2. The van der Waals surface area contributed by atoms with Gasteiger partial charge < -0.3 is 18.9 Å². The van der Waals surface area contributed by atoms with Gasteiger partial charge in [-0.15, -0.1) is 0 Å². The Morgan fingerprint density at radius 2 is 1.12 bits per heavy atom. The van der Waals surface area contributed by atoms with Crippen molar-refractivity contribution in [3.8, 4) is 11.5 Å². The molecule has 164 valence electrons. The van der Waals surface area contributed by atoms with E-state index < -0.39 is 46.5 Å². The van der Waals surface area contributed by atoms with Gasteiger partial charge in [0.15, 0.2) is 11.6 Å². The van der Waals surface area contributed by atoms with Crippen LogP contribution in [0.25, 0.3) is 0 Å². The molecule has 1 saturated carbocycles. The number of benzene rings is 2. The third-order valence-corrected chi connectivity index (χ3v) is 6.29. The summed E-state index contributed by atoms with van der Waals surface area (Å²) in [6.07, 6.45) is 0. The van der Waals surface area contributed by atoms with Crippen LogP contribution in [0.3, 0.4) is 0 Å². The Kier molecular flexibility index (Phi) is 4.37. The van der Waals surface area contributed by atoms with Crippen molar-refractivity contribution in [3.05, 3.63) is 59.7 Å². The number of carbonyl (C=O) groups excluding carboxylic acids is 4. The van der Waals surface area contributed by atoms with Gasteiger partial charge in [0.05, 0.1) is 24.3 Å². The summed E-state index contributed by atoms with van der Waals surface area (Å²) in [7, 11) is 0. The van der Waals surface area contributed by atoms with E-state index in [9.17, 15) is 19.2 Å². The lowest BCUT2D eigenvalue weighted by molar-refractivity contribution is -0.250. The summed E-state index contributed by atoms with van der Waals surface area (Å²) in [5.74, 6) is -5.50. The van der Waals surface area contributed by atoms with Crippen LogP contribution in [0.2, 0.25) is 0 Å². The van der Waals surface area contributed by atoms with E-state index in [2.05, 4.69) is 0 Å². The molecule has 0 bridgehead atoms. The normalized spacial score (nSPS) is 29.1. The number of carbonyl (C=O) groups is 4. The summed E-state index contributed by atoms with van der Waals surface area (Å²) in [6, 6.07) is 12.7. The minimum Gasteiger partial charge on any atom is -0.473 e. The van der Waals surface area contributed by atoms with E-state index in [4.69, 9.17) is 18.9 Å². The van der Waals surface area contributed by atoms with Gasteiger partial charge in [-0.3, -0.25) is 9.59 Å². The van der Waals surface area contributed by atoms with E-state index in [-0.39, 0.29) is 35.8 Å². The highest BCUT2D eigenvalue weighted by Gasteiger charge is 2.89. The fraction of sp³-hybridized carbons (Fsp3) is 0.333. The molecule has 0 spiro atoms. The maximum Gasteiger partial charge on any atom is 0.352 e. The standard InChI is InChI=1S/C24H20O8/c1-3-29-21(27)23-19(17(25)13-9-5-7-11-15(13)31-23)24(22(28)30-4-2)20(23)18(26)14-10-6-8-12-16(14)32-24/h5-12,19-20H,3-4H2,1-2H3. The summed E-state index contributed by atoms with van der Waals surface area (Å²) in [5.41, 5.74) is -3.71. The second-order valence-corrected chi connectivity index (χ2v) is 7.82. The van der Waals surface area contributed by atoms with Crippen LogP contribution >= 0.6 is 0 Å². The molecule has 2 aliphatic heterocycles. The highest BCUT2D eigenvalue weighted by atomic mass is 16.6. The number of fused-ring (bicyclic) bond motifs is 6. The number of hydrogen-bond acceptors (Lipinski definition) is 8. The largest absolute Gasteiger partial charge is 0.473 e. The Morgan fingerprint density at radius 1 is 0.750 bits per heavy atom. The maximum atomic E-state index is 13.7. The van der Waals surface area contributed by atoms with Crippen molar-refractivity contribution in [2.45, 2.75) is 25.0 Å². The molecule has 32 heavy (non-hydrogen) atoms. The second kappa shape index (κ2) is 6.91. The van der Waals surface area contributed by atoms with Crippen LogP contribution in [0, 0.1) is 11.8 Å². The molecule has 0 unspecified atom stereocenters. The maximum absolute atomic E-state index is 13.7. The molecular weight excluding hydrogens is 416 g/mol. The molecule has 0 aromatic heterocycles. The third-order valence-electron chi connectivity index (χ3n) is 6.29. The lowest BCUT2D eigenvalue weighted by Crippen LogP contribution is -2.88. The predicted octanol–water partition coefficient (Wildman–Crippen LogP) is 2.39. The Hall–Kier alpha value is -3.68. The van der Waals surface area contributed by atoms with Crippen LogP contribution in [0.1, 0.15) is 34.6 Å². The molecule has 5 rings (SSSR count). The molecule has 2 aromatic carbocycles. The zero-order valence-electron chi connectivity index (χ0n) is 17.5. The number of hydrogen-bond donors (Lipinski definition) is 0. The van der Waals surface area contributed by atoms with Gasteiger partial charge in [-0.25, -0.2) is 9.59 Å². The smallest absolute Gasteiger partial charge is 0.352 e. The molecule has 0 amide bonds. The van der Waals surface area contributed by atoms with Gasteiger partial charge in [0, 0.05) is 0 Å². The van der Waals surface area contributed by atoms with Gasteiger partial charge in [0.25, 0.3) is 0 Å². The molecule has 1 fully saturated rings. The molecular formula is C24H20O8. The highest BCUT2D eigenvalue weighted by molar-refractivity contribution is 6.19. The van der Waals surface area contributed by atoms with Gasteiger partial charge in [-0.2, -0.15) is 0 Å². The van der Waals surface area contributed by atoms with E-state index in [1.165, 1.54) is 24.3 Å². The van der Waals surface area contributed by atoms with Crippen molar-refractivity contribution >= 4 is 23.5 Å². The van der Waals surface area contributed by atoms with E-state index in [1.54, 1.807) is 38.1 Å². The molecule has 2 aromatic rings. The zero-order valence-corrected chi connectivity index (χ0v) is 17.5. The van der Waals surface area contributed by atoms with Crippen molar-refractivity contribution in [2.75, 3.05) is 13.2 Å². The minimum absolute atomic E-state index is 0.00272. The first kappa shape index (κ1) is 20.2. The molecule has 3 aliphatic rings. The Bertz CT molecular complexity index is 1070. The molecule has 2 heterocycles.